The van der Waals surface area contributed by atoms with Gasteiger partial charge >= 0.3 is 0 Å². The van der Waals surface area contributed by atoms with Crippen LogP contribution in [-0.2, 0) is 13.8 Å². The molecule has 1 unspecified atom stereocenters. The fraction of sp³-hybridized carbons (Fsp3) is 0.750. The molecule has 3 nitrogen and oxygen atoms in total. The quantitative estimate of drug-likeness (QED) is 0.510. The van der Waals surface area contributed by atoms with Gasteiger partial charge in [0.25, 0.3) is 0 Å². The Kier molecular flexibility index (Phi) is 9.52. The first kappa shape index (κ1) is 15.6. The van der Waals surface area contributed by atoms with Crippen LogP contribution in [0.4, 0.5) is 0 Å². The number of rotatable bonds is 7. The Bertz CT molecular complexity index is 251. The monoisotopic (exact) mass is 244 g/mol. The summed E-state index contributed by atoms with van der Waals surface area (Å²) < 4.78 is 10.1. The van der Waals surface area contributed by atoms with E-state index in [1.807, 2.05) is 6.92 Å². The van der Waals surface area contributed by atoms with E-state index in [0.717, 1.165) is 12.8 Å². The lowest BCUT2D eigenvalue weighted by Gasteiger charge is -2.13. The van der Waals surface area contributed by atoms with Gasteiger partial charge in [0, 0.05) is 33.0 Å². The Balaban J connectivity index is 3.95. The van der Waals surface area contributed by atoms with Crippen molar-refractivity contribution in [3.8, 4) is 11.8 Å². The van der Waals surface area contributed by atoms with Crippen LogP contribution in [0.25, 0.3) is 0 Å². The zero-order valence-corrected chi connectivity index (χ0v) is 11.5. The third-order valence-electron chi connectivity index (χ3n) is 2.15. The summed E-state index contributed by atoms with van der Waals surface area (Å²) in [4.78, 5) is 11.7. The van der Waals surface area contributed by atoms with E-state index in [9.17, 15) is 4.79 Å². The first-order valence-corrected chi connectivity index (χ1v) is 6.86. The number of hydrogen-bond donors (Lipinski definition) is 0. The van der Waals surface area contributed by atoms with Gasteiger partial charge in [0.1, 0.15) is 5.78 Å². The van der Waals surface area contributed by atoms with Crippen LogP contribution in [0.3, 0.4) is 0 Å². The molecule has 0 spiro atoms. The molecule has 0 aromatic carbocycles. The second kappa shape index (κ2) is 9.78. The average molecular weight is 244 g/mol. The van der Waals surface area contributed by atoms with Crippen LogP contribution >= 0.6 is 8.38 Å². The van der Waals surface area contributed by atoms with Gasteiger partial charge in [0.15, 0.2) is 8.38 Å². The van der Waals surface area contributed by atoms with E-state index in [-0.39, 0.29) is 11.7 Å². The maximum absolute atomic E-state index is 11.7. The van der Waals surface area contributed by atoms with E-state index < -0.39 is 8.38 Å². The first-order valence-electron chi connectivity index (χ1n) is 5.49. The van der Waals surface area contributed by atoms with Crippen LogP contribution in [0.15, 0.2) is 0 Å². The highest BCUT2D eigenvalue weighted by molar-refractivity contribution is 7.48. The van der Waals surface area contributed by atoms with Crippen molar-refractivity contribution in [2.24, 2.45) is 5.92 Å². The second-order valence-corrected chi connectivity index (χ2v) is 5.24. The first-order chi connectivity index (χ1) is 7.65. The van der Waals surface area contributed by atoms with Crippen molar-refractivity contribution in [3.63, 3.8) is 0 Å². The number of hydrogen-bond acceptors (Lipinski definition) is 3. The SMILES string of the molecule is CCCC#CCC(C)C(=O)CP(OC)OC. The zero-order chi connectivity index (χ0) is 12.4. The van der Waals surface area contributed by atoms with Crippen molar-refractivity contribution in [1.82, 2.24) is 0 Å². The van der Waals surface area contributed by atoms with Gasteiger partial charge in [-0.25, -0.2) is 0 Å². The molecule has 0 bridgehead atoms. The van der Waals surface area contributed by atoms with Crippen LogP contribution < -0.4 is 0 Å². The molecule has 0 radical (unpaired) electrons. The van der Waals surface area contributed by atoms with E-state index in [1.54, 1.807) is 14.2 Å². The van der Waals surface area contributed by atoms with Crippen molar-refractivity contribution >= 4 is 14.2 Å². The van der Waals surface area contributed by atoms with Gasteiger partial charge in [-0.15, -0.1) is 11.8 Å². The van der Waals surface area contributed by atoms with Gasteiger partial charge in [-0.05, 0) is 6.42 Å². The fourth-order valence-electron chi connectivity index (χ4n) is 1.04. The van der Waals surface area contributed by atoms with E-state index in [2.05, 4.69) is 18.8 Å². The lowest BCUT2D eigenvalue weighted by atomic mass is 10.0. The average Bonchev–Trinajstić information content (AvgIpc) is 2.30. The summed E-state index contributed by atoms with van der Waals surface area (Å²) in [5.74, 6) is 6.21. The van der Waals surface area contributed by atoms with Gasteiger partial charge in [0.2, 0.25) is 0 Å². The molecule has 0 amide bonds. The number of Topliss-reactive ketones (excluding diaryl/α,β-unsaturated/α-hetero) is 1. The summed E-state index contributed by atoms with van der Waals surface area (Å²) in [6.07, 6.45) is 2.96. The Morgan fingerprint density at radius 2 is 1.94 bits per heavy atom. The Morgan fingerprint density at radius 1 is 1.31 bits per heavy atom. The molecule has 0 N–H and O–H groups in total. The Morgan fingerprint density at radius 3 is 2.44 bits per heavy atom. The molecule has 0 aliphatic carbocycles. The lowest BCUT2D eigenvalue weighted by molar-refractivity contribution is -0.119. The van der Waals surface area contributed by atoms with Crippen LogP contribution in [0, 0.1) is 17.8 Å². The molecule has 0 fully saturated rings. The molecule has 0 aromatic rings. The maximum Gasteiger partial charge on any atom is 0.177 e. The fourth-order valence-corrected chi connectivity index (χ4v) is 2.01. The van der Waals surface area contributed by atoms with E-state index in [0.29, 0.717) is 12.6 Å². The number of carbonyl (C=O) groups is 1. The minimum absolute atomic E-state index is 0.0281. The summed E-state index contributed by atoms with van der Waals surface area (Å²) in [6, 6.07) is 0. The molecule has 0 aromatic heterocycles. The molecule has 0 saturated carbocycles. The smallest absolute Gasteiger partial charge is 0.177 e. The summed E-state index contributed by atoms with van der Waals surface area (Å²) in [5.41, 5.74) is 0. The van der Waals surface area contributed by atoms with Crippen molar-refractivity contribution in [2.45, 2.75) is 33.1 Å². The molecule has 0 aliphatic heterocycles. The van der Waals surface area contributed by atoms with E-state index in [1.165, 1.54) is 0 Å². The molecule has 0 heterocycles. The molecule has 0 rings (SSSR count). The highest BCUT2D eigenvalue weighted by Crippen LogP contribution is 2.36. The third kappa shape index (κ3) is 6.95. The predicted octanol–water partition coefficient (Wildman–Crippen LogP) is 2.99. The van der Waals surface area contributed by atoms with Gasteiger partial charge in [-0.1, -0.05) is 13.8 Å². The lowest BCUT2D eigenvalue weighted by Crippen LogP contribution is -2.14. The molecule has 92 valence electrons. The number of carbonyl (C=O) groups excluding carboxylic acids is 1. The molecular weight excluding hydrogens is 223 g/mol. The molecule has 0 aliphatic rings. The van der Waals surface area contributed by atoms with E-state index >= 15 is 0 Å². The summed E-state index contributed by atoms with van der Waals surface area (Å²) in [6.45, 7) is 4.00. The minimum atomic E-state index is -1.05. The summed E-state index contributed by atoms with van der Waals surface area (Å²) >= 11 is 0. The minimum Gasteiger partial charge on any atom is -0.337 e. The Hall–Kier alpha value is -0.420. The summed E-state index contributed by atoms with van der Waals surface area (Å²) in [7, 11) is 2.08. The van der Waals surface area contributed by atoms with Crippen LogP contribution in [-0.4, -0.2) is 26.2 Å². The molecule has 1 atom stereocenters. The second-order valence-electron chi connectivity index (χ2n) is 3.53. The molecule has 4 heteroatoms. The van der Waals surface area contributed by atoms with Gasteiger partial charge in [-0.3, -0.25) is 4.79 Å². The van der Waals surface area contributed by atoms with Crippen molar-refractivity contribution in [1.29, 1.82) is 0 Å². The van der Waals surface area contributed by atoms with Crippen LogP contribution in [0.2, 0.25) is 0 Å². The van der Waals surface area contributed by atoms with Crippen LogP contribution in [0.1, 0.15) is 33.1 Å². The van der Waals surface area contributed by atoms with Gasteiger partial charge < -0.3 is 9.05 Å². The Labute approximate surface area is 99.8 Å². The van der Waals surface area contributed by atoms with Crippen molar-refractivity contribution in [2.75, 3.05) is 20.4 Å². The number of ketones is 1. The van der Waals surface area contributed by atoms with Gasteiger partial charge in [-0.2, -0.15) is 0 Å². The summed E-state index contributed by atoms with van der Waals surface area (Å²) in [5, 5.41) is 0. The van der Waals surface area contributed by atoms with Crippen LogP contribution in [0.5, 0.6) is 0 Å². The van der Waals surface area contributed by atoms with Crippen molar-refractivity contribution < 1.29 is 13.8 Å². The largest absolute Gasteiger partial charge is 0.337 e. The normalized spacial score (nSPS) is 12.1. The van der Waals surface area contributed by atoms with E-state index in [4.69, 9.17) is 9.05 Å². The molecular formula is C12H21O3P. The predicted molar refractivity (Wildman–Crippen MR) is 67.3 cm³/mol. The standard InChI is InChI=1S/C12H21O3P/c1-5-6-7-8-9-11(2)12(13)10-16(14-3)15-4/h11H,5-6,9-10H2,1-4H3. The van der Waals surface area contributed by atoms with Gasteiger partial charge in [0.05, 0.1) is 6.16 Å². The molecule has 16 heavy (non-hydrogen) atoms. The topological polar surface area (TPSA) is 35.5 Å². The highest BCUT2D eigenvalue weighted by Gasteiger charge is 2.18. The molecule has 0 saturated heterocycles. The number of unbranched alkanes of at least 4 members (excludes halogenated alkanes) is 1. The highest BCUT2D eigenvalue weighted by atomic mass is 31.2. The third-order valence-corrected chi connectivity index (χ3v) is 3.53. The maximum atomic E-state index is 11.7. The zero-order valence-electron chi connectivity index (χ0n) is 10.6. The van der Waals surface area contributed by atoms with Crippen molar-refractivity contribution in [3.05, 3.63) is 0 Å².